The van der Waals surface area contributed by atoms with E-state index in [9.17, 15) is 14.7 Å². The number of rotatable bonds is 10. The quantitative estimate of drug-likeness (QED) is 0.269. The molecule has 1 aliphatic rings. The first kappa shape index (κ1) is 25.1. The molecule has 1 unspecified atom stereocenters. The Morgan fingerprint density at radius 3 is 2.28 bits per heavy atom. The maximum atomic E-state index is 13.6. The van der Waals surface area contributed by atoms with Gasteiger partial charge in [-0.2, -0.15) is 0 Å². The van der Waals surface area contributed by atoms with Crippen LogP contribution in [0.15, 0.2) is 84.7 Å². The number of benzene rings is 2. The van der Waals surface area contributed by atoms with Crippen LogP contribution in [0.3, 0.4) is 0 Å². The minimum atomic E-state index is -0.735. The van der Waals surface area contributed by atoms with Gasteiger partial charge in [-0.25, -0.2) is 0 Å². The van der Waals surface area contributed by atoms with Crippen molar-refractivity contribution in [2.45, 2.75) is 26.5 Å². The number of Topliss-reactive ketones (excluding diaryl/α,β-unsaturated/α-hetero) is 1. The predicted octanol–water partition coefficient (Wildman–Crippen LogP) is 1.81. The Kier molecular flexibility index (Phi) is 8.13. The molecule has 0 saturated carbocycles. The largest absolute Gasteiger partial charge is 0.872 e. The Hall–Kier alpha value is -3.97. The fourth-order valence-electron chi connectivity index (χ4n) is 4.47. The summed E-state index contributed by atoms with van der Waals surface area (Å²) in [5.74, 6) is -1.19. The highest BCUT2D eigenvalue weighted by atomic mass is 16.5. The lowest BCUT2D eigenvalue weighted by molar-refractivity contribution is -0.895. The summed E-state index contributed by atoms with van der Waals surface area (Å²) in [6.07, 6.45) is 3.22. The van der Waals surface area contributed by atoms with Gasteiger partial charge in [0, 0.05) is 18.0 Å². The molecule has 0 spiro atoms. The summed E-state index contributed by atoms with van der Waals surface area (Å²) < 4.78 is 5.82. The van der Waals surface area contributed by atoms with Gasteiger partial charge in [-0.1, -0.05) is 48.2 Å². The molecule has 7 nitrogen and oxygen atoms in total. The number of hydrogen-bond donors (Lipinski definition) is 1. The molecule has 0 bridgehead atoms. The predicted molar refractivity (Wildman–Crippen MR) is 135 cm³/mol. The Morgan fingerprint density at radius 1 is 0.972 bits per heavy atom. The van der Waals surface area contributed by atoms with Gasteiger partial charge < -0.3 is 19.6 Å². The molecule has 1 amide bonds. The SMILES string of the molecule is CC[NH+](CC)CCN1C(=O)C(=O)/C(=C(/[O-])c2ccc(OCc3ccccc3)cc2)C1c1ccncc1. The molecule has 186 valence electrons. The van der Waals surface area contributed by atoms with Crippen LogP contribution in [-0.2, 0) is 16.2 Å². The molecule has 0 radical (unpaired) electrons. The van der Waals surface area contributed by atoms with Crippen LogP contribution >= 0.6 is 0 Å². The summed E-state index contributed by atoms with van der Waals surface area (Å²) in [5.41, 5.74) is 2.06. The van der Waals surface area contributed by atoms with Crippen LogP contribution in [0, 0.1) is 0 Å². The average molecular weight is 486 g/mol. The van der Waals surface area contributed by atoms with Gasteiger partial charge in [-0.15, -0.1) is 0 Å². The second-order valence-corrected chi connectivity index (χ2v) is 8.76. The lowest BCUT2D eigenvalue weighted by Gasteiger charge is -2.28. The molecule has 1 N–H and O–H groups in total. The van der Waals surface area contributed by atoms with Crippen LogP contribution in [0.25, 0.3) is 5.76 Å². The van der Waals surface area contributed by atoms with Crippen molar-refractivity contribution in [2.24, 2.45) is 0 Å². The van der Waals surface area contributed by atoms with Gasteiger partial charge in [0.25, 0.3) is 5.91 Å². The van der Waals surface area contributed by atoms with Crippen LogP contribution in [0.2, 0.25) is 0 Å². The number of nitrogens with one attached hydrogen (secondary N) is 1. The van der Waals surface area contributed by atoms with Crippen LogP contribution in [0.1, 0.15) is 36.6 Å². The summed E-state index contributed by atoms with van der Waals surface area (Å²) in [6, 6.07) is 19.3. The number of nitrogens with zero attached hydrogens (tertiary/aromatic N) is 2. The van der Waals surface area contributed by atoms with Crippen LogP contribution in [-0.4, -0.2) is 47.8 Å². The van der Waals surface area contributed by atoms with E-state index in [0.29, 0.717) is 36.6 Å². The van der Waals surface area contributed by atoms with Crippen molar-refractivity contribution in [3.63, 3.8) is 0 Å². The molecular formula is C29H31N3O4. The third-order valence-corrected chi connectivity index (χ3v) is 6.62. The van der Waals surface area contributed by atoms with Crippen molar-refractivity contribution >= 4 is 17.4 Å². The number of pyridine rings is 1. The Labute approximate surface area is 211 Å². The molecule has 2 aromatic carbocycles. The van der Waals surface area contributed by atoms with Gasteiger partial charge >= 0.3 is 0 Å². The molecule has 3 aromatic rings. The van der Waals surface area contributed by atoms with Crippen molar-refractivity contribution in [1.82, 2.24) is 9.88 Å². The topological polar surface area (TPSA) is 87.0 Å². The fourth-order valence-corrected chi connectivity index (χ4v) is 4.47. The zero-order chi connectivity index (χ0) is 25.5. The highest BCUT2D eigenvalue weighted by Crippen LogP contribution is 2.38. The average Bonchev–Trinajstić information content (AvgIpc) is 3.18. The summed E-state index contributed by atoms with van der Waals surface area (Å²) >= 11 is 0. The second-order valence-electron chi connectivity index (χ2n) is 8.76. The molecule has 7 heteroatoms. The van der Waals surface area contributed by atoms with E-state index in [-0.39, 0.29) is 5.57 Å². The standard InChI is InChI=1S/C29H31N3O4/c1-3-31(4-2)18-19-32-26(22-14-16-30-17-15-22)25(28(34)29(32)35)27(33)23-10-12-24(13-11-23)36-20-21-8-6-5-7-9-21/h5-17,26,33H,3-4,18-20H2,1-2H3/b27-25+. The number of quaternary nitrogens is 1. The first-order valence-electron chi connectivity index (χ1n) is 12.3. The van der Waals surface area contributed by atoms with Gasteiger partial charge in [0.15, 0.2) is 0 Å². The molecular weight excluding hydrogens is 454 g/mol. The molecule has 1 atom stereocenters. The minimum Gasteiger partial charge on any atom is -0.872 e. The maximum Gasteiger partial charge on any atom is 0.295 e. The van der Waals surface area contributed by atoms with E-state index in [2.05, 4.69) is 18.8 Å². The number of carbonyl (C=O) groups excluding carboxylic acids is 2. The summed E-state index contributed by atoms with van der Waals surface area (Å²) in [4.78, 5) is 33.1. The van der Waals surface area contributed by atoms with Gasteiger partial charge in [-0.3, -0.25) is 14.6 Å². The monoisotopic (exact) mass is 485 g/mol. The van der Waals surface area contributed by atoms with Crippen molar-refractivity contribution in [3.8, 4) is 5.75 Å². The highest BCUT2D eigenvalue weighted by molar-refractivity contribution is 6.46. The third kappa shape index (κ3) is 5.47. The number of ether oxygens (including phenoxy) is 1. The maximum absolute atomic E-state index is 13.6. The van der Waals surface area contributed by atoms with Crippen molar-refractivity contribution in [3.05, 3.63) is 101 Å². The third-order valence-electron chi connectivity index (χ3n) is 6.62. The van der Waals surface area contributed by atoms with Crippen molar-refractivity contribution < 1.29 is 24.3 Å². The number of hydrogen-bond acceptors (Lipinski definition) is 5. The van der Waals surface area contributed by atoms with E-state index >= 15 is 0 Å². The van der Waals surface area contributed by atoms with Gasteiger partial charge in [0.05, 0.1) is 32.2 Å². The van der Waals surface area contributed by atoms with E-state index < -0.39 is 23.5 Å². The van der Waals surface area contributed by atoms with Crippen LogP contribution < -0.4 is 14.7 Å². The van der Waals surface area contributed by atoms with E-state index in [0.717, 1.165) is 18.7 Å². The summed E-state index contributed by atoms with van der Waals surface area (Å²) in [7, 11) is 0. The molecule has 0 aliphatic carbocycles. The summed E-state index contributed by atoms with van der Waals surface area (Å²) in [5, 5.41) is 13.6. The van der Waals surface area contributed by atoms with Gasteiger partial charge in [0.2, 0.25) is 5.78 Å². The van der Waals surface area contributed by atoms with Crippen LogP contribution in [0.4, 0.5) is 0 Å². The number of amides is 1. The Balaban J connectivity index is 1.62. The first-order chi connectivity index (χ1) is 17.5. The molecule has 1 aromatic heterocycles. The minimum absolute atomic E-state index is 0.0151. The number of ketones is 1. The highest BCUT2D eigenvalue weighted by Gasteiger charge is 2.44. The Morgan fingerprint density at radius 2 is 1.64 bits per heavy atom. The first-order valence-corrected chi connectivity index (χ1v) is 12.3. The zero-order valence-electron chi connectivity index (χ0n) is 20.6. The molecule has 1 saturated heterocycles. The zero-order valence-corrected chi connectivity index (χ0v) is 20.6. The number of likely N-dealkylation sites (N-methyl/N-ethyl adjacent to an activating group) is 1. The normalized spacial score (nSPS) is 17.1. The second kappa shape index (κ2) is 11.6. The number of aromatic nitrogens is 1. The molecule has 2 heterocycles. The van der Waals surface area contributed by atoms with E-state index in [1.54, 1.807) is 48.8 Å². The lowest BCUT2D eigenvalue weighted by Crippen LogP contribution is -3.12. The smallest absolute Gasteiger partial charge is 0.295 e. The molecule has 36 heavy (non-hydrogen) atoms. The van der Waals surface area contributed by atoms with Gasteiger partial charge in [0.1, 0.15) is 12.4 Å². The van der Waals surface area contributed by atoms with Gasteiger partial charge in [-0.05, 0) is 54.8 Å². The van der Waals surface area contributed by atoms with Crippen LogP contribution in [0.5, 0.6) is 5.75 Å². The molecule has 4 rings (SSSR count). The van der Waals surface area contributed by atoms with Crippen molar-refractivity contribution in [2.75, 3.05) is 26.2 Å². The Bertz CT molecular complexity index is 1210. The van der Waals surface area contributed by atoms with Crippen molar-refractivity contribution in [1.29, 1.82) is 0 Å². The van der Waals surface area contributed by atoms with E-state index in [4.69, 9.17) is 4.74 Å². The fraction of sp³-hybridized carbons (Fsp3) is 0.276. The molecule has 1 aliphatic heterocycles. The van der Waals surface area contributed by atoms with E-state index in [1.165, 1.54) is 9.80 Å². The number of likely N-dealkylation sites (tertiary alicyclic amines) is 1. The summed E-state index contributed by atoms with van der Waals surface area (Å²) in [6.45, 7) is 7.50. The number of carbonyl (C=O) groups is 2. The lowest BCUT2D eigenvalue weighted by atomic mass is 9.96. The van der Waals surface area contributed by atoms with E-state index in [1.807, 2.05) is 30.3 Å². The molecule has 1 fully saturated rings.